The second-order valence-electron chi connectivity index (χ2n) is 4.03. The predicted octanol–water partition coefficient (Wildman–Crippen LogP) is 1.80. The van der Waals surface area contributed by atoms with E-state index >= 15 is 0 Å². The van der Waals surface area contributed by atoms with Crippen LogP contribution in [0.3, 0.4) is 0 Å². The summed E-state index contributed by atoms with van der Waals surface area (Å²) in [6.07, 6.45) is 5.66. The van der Waals surface area contributed by atoms with Crippen molar-refractivity contribution in [2.24, 2.45) is 0 Å². The van der Waals surface area contributed by atoms with E-state index in [0.717, 1.165) is 37.2 Å². The van der Waals surface area contributed by atoms with E-state index in [1.807, 2.05) is 19.2 Å². The summed E-state index contributed by atoms with van der Waals surface area (Å²) >= 11 is 0. The minimum Gasteiger partial charge on any atom is -0.393 e. The van der Waals surface area contributed by atoms with Crippen LogP contribution in [0.1, 0.15) is 43.1 Å². The number of aromatic nitrogens is 2. The number of nitrogens with zero attached hydrogens (tertiary/aromatic N) is 2. The van der Waals surface area contributed by atoms with Gasteiger partial charge in [0.25, 0.3) is 0 Å². The highest BCUT2D eigenvalue weighted by molar-refractivity contribution is 5.09. The summed E-state index contributed by atoms with van der Waals surface area (Å²) in [5, 5.41) is 9.40. The molecule has 3 heteroatoms. The van der Waals surface area contributed by atoms with Crippen LogP contribution in [0.15, 0.2) is 12.3 Å². The minimum absolute atomic E-state index is 0.0887. The molecule has 1 aliphatic carbocycles. The second kappa shape index (κ2) is 4.05. The molecule has 0 unspecified atom stereocenters. The second-order valence-corrected chi connectivity index (χ2v) is 4.03. The average molecular weight is 192 g/mol. The zero-order valence-corrected chi connectivity index (χ0v) is 8.48. The highest BCUT2D eigenvalue weighted by Crippen LogP contribution is 2.31. The first-order valence-electron chi connectivity index (χ1n) is 5.23. The molecular weight excluding hydrogens is 176 g/mol. The Kier molecular flexibility index (Phi) is 2.77. The van der Waals surface area contributed by atoms with Gasteiger partial charge in [0.2, 0.25) is 0 Å². The third-order valence-electron chi connectivity index (χ3n) is 2.91. The third kappa shape index (κ3) is 2.10. The first-order valence-corrected chi connectivity index (χ1v) is 5.23. The summed E-state index contributed by atoms with van der Waals surface area (Å²) < 4.78 is 0. The fourth-order valence-electron chi connectivity index (χ4n) is 2.07. The summed E-state index contributed by atoms with van der Waals surface area (Å²) in [5.41, 5.74) is 1.14. The summed E-state index contributed by atoms with van der Waals surface area (Å²) in [4.78, 5) is 8.52. The van der Waals surface area contributed by atoms with Crippen LogP contribution in [0.4, 0.5) is 0 Å². The van der Waals surface area contributed by atoms with Crippen molar-refractivity contribution in [2.45, 2.75) is 44.6 Å². The van der Waals surface area contributed by atoms with Crippen molar-refractivity contribution in [2.75, 3.05) is 0 Å². The molecule has 1 N–H and O–H groups in total. The first kappa shape index (κ1) is 9.59. The molecule has 0 spiro atoms. The van der Waals surface area contributed by atoms with Crippen LogP contribution in [0, 0.1) is 6.92 Å². The lowest BCUT2D eigenvalue weighted by Gasteiger charge is -2.24. The van der Waals surface area contributed by atoms with Crippen LogP contribution >= 0.6 is 0 Å². The Hall–Kier alpha value is -0.960. The molecule has 0 amide bonds. The van der Waals surface area contributed by atoms with Crippen molar-refractivity contribution in [1.82, 2.24) is 9.97 Å². The van der Waals surface area contributed by atoms with Crippen molar-refractivity contribution in [1.29, 1.82) is 0 Å². The highest BCUT2D eigenvalue weighted by Gasteiger charge is 2.21. The van der Waals surface area contributed by atoms with Crippen LogP contribution in [0.25, 0.3) is 0 Å². The largest absolute Gasteiger partial charge is 0.393 e. The molecule has 1 aliphatic rings. The molecule has 0 bridgehead atoms. The standard InChI is InChI=1S/C11H16N2O/c1-8-12-7-6-11(13-8)9-2-4-10(14)5-3-9/h6-7,9-10,14H,2-5H2,1H3. The lowest BCUT2D eigenvalue weighted by Crippen LogP contribution is -2.17. The Bertz CT molecular complexity index is 306. The van der Waals surface area contributed by atoms with Gasteiger partial charge in [-0.2, -0.15) is 0 Å². The molecule has 0 aliphatic heterocycles. The zero-order chi connectivity index (χ0) is 9.97. The molecule has 1 aromatic heterocycles. The van der Waals surface area contributed by atoms with Gasteiger partial charge in [-0.15, -0.1) is 0 Å². The van der Waals surface area contributed by atoms with Gasteiger partial charge in [-0.1, -0.05) is 0 Å². The first-order chi connectivity index (χ1) is 6.75. The van der Waals surface area contributed by atoms with Gasteiger partial charge in [-0.3, -0.25) is 0 Å². The summed E-state index contributed by atoms with van der Waals surface area (Å²) in [5.74, 6) is 1.37. The van der Waals surface area contributed by atoms with Crippen molar-refractivity contribution < 1.29 is 5.11 Å². The van der Waals surface area contributed by atoms with E-state index in [1.54, 1.807) is 0 Å². The molecule has 0 aromatic carbocycles. The maximum absolute atomic E-state index is 9.40. The van der Waals surface area contributed by atoms with Crippen molar-refractivity contribution in [3.63, 3.8) is 0 Å². The summed E-state index contributed by atoms with van der Waals surface area (Å²) in [6.45, 7) is 1.92. The molecule has 1 fully saturated rings. The van der Waals surface area contributed by atoms with Crippen molar-refractivity contribution >= 4 is 0 Å². The Labute approximate surface area is 84.2 Å². The van der Waals surface area contributed by atoms with Crippen molar-refractivity contribution in [3.8, 4) is 0 Å². The molecule has 2 rings (SSSR count). The van der Waals surface area contributed by atoms with E-state index in [4.69, 9.17) is 0 Å². The normalized spacial score (nSPS) is 27.6. The molecule has 3 nitrogen and oxygen atoms in total. The molecule has 14 heavy (non-hydrogen) atoms. The van der Waals surface area contributed by atoms with Gasteiger partial charge in [0.15, 0.2) is 0 Å². The van der Waals surface area contributed by atoms with E-state index < -0.39 is 0 Å². The maximum Gasteiger partial charge on any atom is 0.125 e. The van der Waals surface area contributed by atoms with Crippen LogP contribution in [-0.2, 0) is 0 Å². The van der Waals surface area contributed by atoms with E-state index in [1.165, 1.54) is 0 Å². The van der Waals surface area contributed by atoms with Gasteiger partial charge in [0, 0.05) is 17.8 Å². The number of aliphatic hydroxyl groups is 1. The lowest BCUT2D eigenvalue weighted by atomic mass is 9.85. The Balaban J connectivity index is 2.08. The molecule has 1 heterocycles. The molecule has 76 valence electrons. The summed E-state index contributed by atoms with van der Waals surface area (Å²) in [7, 11) is 0. The smallest absolute Gasteiger partial charge is 0.125 e. The van der Waals surface area contributed by atoms with Gasteiger partial charge in [0.05, 0.1) is 6.10 Å². The van der Waals surface area contributed by atoms with Gasteiger partial charge in [0.1, 0.15) is 5.82 Å². The number of aryl methyl sites for hydroxylation is 1. The zero-order valence-electron chi connectivity index (χ0n) is 8.48. The average Bonchev–Trinajstić information content (AvgIpc) is 2.19. The molecule has 0 radical (unpaired) electrons. The summed E-state index contributed by atoms with van der Waals surface area (Å²) in [6, 6.07) is 2.00. The van der Waals surface area contributed by atoms with Crippen LogP contribution in [0.2, 0.25) is 0 Å². The molecule has 1 saturated carbocycles. The van der Waals surface area contributed by atoms with E-state index in [2.05, 4.69) is 9.97 Å². The molecule has 0 atom stereocenters. The fourth-order valence-corrected chi connectivity index (χ4v) is 2.07. The third-order valence-corrected chi connectivity index (χ3v) is 2.91. The number of hydrogen-bond donors (Lipinski definition) is 1. The predicted molar refractivity (Wildman–Crippen MR) is 54.0 cm³/mol. The quantitative estimate of drug-likeness (QED) is 0.738. The molecule has 0 saturated heterocycles. The fraction of sp³-hybridized carbons (Fsp3) is 0.636. The molecule has 1 aromatic rings. The van der Waals surface area contributed by atoms with Crippen LogP contribution in [-0.4, -0.2) is 21.2 Å². The molecular formula is C11H16N2O. The monoisotopic (exact) mass is 192 g/mol. The topological polar surface area (TPSA) is 46.0 Å². The van der Waals surface area contributed by atoms with E-state index in [-0.39, 0.29) is 6.10 Å². The maximum atomic E-state index is 9.40. The number of aliphatic hydroxyl groups excluding tert-OH is 1. The lowest BCUT2D eigenvalue weighted by molar-refractivity contribution is 0.122. The number of hydrogen-bond acceptors (Lipinski definition) is 3. The van der Waals surface area contributed by atoms with Crippen LogP contribution in [0.5, 0.6) is 0 Å². The Morgan fingerprint density at radius 1 is 1.29 bits per heavy atom. The van der Waals surface area contributed by atoms with E-state index in [0.29, 0.717) is 5.92 Å². The Morgan fingerprint density at radius 3 is 2.64 bits per heavy atom. The van der Waals surface area contributed by atoms with Crippen LogP contribution < -0.4 is 0 Å². The van der Waals surface area contributed by atoms with E-state index in [9.17, 15) is 5.11 Å². The minimum atomic E-state index is -0.0887. The van der Waals surface area contributed by atoms with Crippen molar-refractivity contribution in [3.05, 3.63) is 23.8 Å². The van der Waals surface area contributed by atoms with Gasteiger partial charge < -0.3 is 5.11 Å². The number of rotatable bonds is 1. The highest BCUT2D eigenvalue weighted by atomic mass is 16.3. The van der Waals surface area contributed by atoms with Gasteiger partial charge in [-0.05, 0) is 38.7 Å². The van der Waals surface area contributed by atoms with Gasteiger partial charge >= 0.3 is 0 Å². The Morgan fingerprint density at radius 2 is 2.00 bits per heavy atom. The SMILES string of the molecule is Cc1nccc(C2CCC(O)CC2)n1. The van der Waals surface area contributed by atoms with Gasteiger partial charge in [-0.25, -0.2) is 9.97 Å².